The molecule has 0 aliphatic heterocycles. The van der Waals surface area contributed by atoms with E-state index in [2.05, 4.69) is 25.4 Å². The summed E-state index contributed by atoms with van der Waals surface area (Å²) in [7, 11) is 7.35. The van der Waals surface area contributed by atoms with Crippen LogP contribution in [0.5, 0.6) is 5.75 Å². The van der Waals surface area contributed by atoms with Gasteiger partial charge in [0.05, 0.1) is 13.7 Å². The molecule has 0 saturated carbocycles. The molecule has 0 aliphatic rings. The number of hydrogen-bond acceptors (Lipinski definition) is 4. The molecule has 0 saturated heterocycles. The Bertz CT molecular complexity index is 619. The Morgan fingerprint density at radius 1 is 1.36 bits per heavy atom. The highest BCUT2D eigenvalue weighted by Gasteiger charge is 2.08. The summed E-state index contributed by atoms with van der Waals surface area (Å²) >= 11 is 0. The van der Waals surface area contributed by atoms with E-state index in [1.807, 2.05) is 42.9 Å². The van der Waals surface area contributed by atoms with Crippen molar-refractivity contribution in [2.24, 2.45) is 12.0 Å². The van der Waals surface area contributed by atoms with Crippen LogP contribution in [0.4, 0.5) is 0 Å². The molecule has 1 heterocycles. The molecule has 0 atom stereocenters. The van der Waals surface area contributed by atoms with Crippen molar-refractivity contribution in [3.63, 3.8) is 0 Å². The average molecular weight is 302 g/mol. The Hall–Kier alpha value is -2.57. The van der Waals surface area contributed by atoms with Gasteiger partial charge in [0.15, 0.2) is 11.8 Å². The number of nitrogens with zero attached hydrogens (tertiary/aromatic N) is 5. The van der Waals surface area contributed by atoms with Crippen molar-refractivity contribution in [3.05, 3.63) is 42.0 Å². The zero-order chi connectivity index (χ0) is 15.9. The molecule has 2 aromatic rings. The van der Waals surface area contributed by atoms with E-state index in [9.17, 15) is 0 Å². The van der Waals surface area contributed by atoms with E-state index in [4.69, 9.17) is 4.74 Å². The third-order valence-corrected chi connectivity index (χ3v) is 3.36. The number of aromatic nitrogens is 3. The number of methoxy groups -OCH3 is 1. The van der Waals surface area contributed by atoms with Crippen LogP contribution in [-0.4, -0.2) is 46.8 Å². The van der Waals surface area contributed by atoms with Crippen LogP contribution in [0.25, 0.3) is 0 Å². The number of nitrogens with one attached hydrogen (secondary N) is 1. The zero-order valence-corrected chi connectivity index (χ0v) is 13.4. The molecule has 0 amide bonds. The van der Waals surface area contributed by atoms with Gasteiger partial charge in [0.2, 0.25) is 0 Å². The van der Waals surface area contributed by atoms with Crippen LogP contribution in [0.1, 0.15) is 11.4 Å². The number of aliphatic imine (C=N–C) groups is 1. The molecular weight excluding hydrogens is 280 g/mol. The van der Waals surface area contributed by atoms with Crippen LogP contribution >= 0.6 is 0 Å². The third-order valence-electron chi connectivity index (χ3n) is 3.36. The topological polar surface area (TPSA) is 67.6 Å². The van der Waals surface area contributed by atoms with Crippen molar-refractivity contribution in [2.45, 2.75) is 13.1 Å². The molecule has 0 fully saturated rings. The van der Waals surface area contributed by atoms with E-state index >= 15 is 0 Å². The lowest BCUT2D eigenvalue weighted by Crippen LogP contribution is -2.38. The molecule has 0 bridgehead atoms. The highest BCUT2D eigenvalue weighted by molar-refractivity contribution is 5.79. The fourth-order valence-electron chi connectivity index (χ4n) is 2.09. The summed E-state index contributed by atoms with van der Waals surface area (Å²) in [5.74, 6) is 2.52. The van der Waals surface area contributed by atoms with Gasteiger partial charge in [-0.15, -0.1) is 10.2 Å². The fourth-order valence-corrected chi connectivity index (χ4v) is 2.09. The Morgan fingerprint density at radius 2 is 2.09 bits per heavy atom. The van der Waals surface area contributed by atoms with Crippen LogP contribution in [0.15, 0.2) is 35.6 Å². The molecule has 7 nitrogen and oxygen atoms in total. The van der Waals surface area contributed by atoms with E-state index in [1.165, 1.54) is 5.56 Å². The quantitative estimate of drug-likeness (QED) is 0.660. The van der Waals surface area contributed by atoms with Crippen molar-refractivity contribution in [1.29, 1.82) is 0 Å². The Kier molecular flexibility index (Phi) is 5.35. The highest BCUT2D eigenvalue weighted by Crippen LogP contribution is 2.12. The molecule has 0 unspecified atom stereocenters. The Labute approximate surface area is 130 Å². The molecule has 1 aromatic carbocycles. The largest absolute Gasteiger partial charge is 0.497 e. The molecule has 1 aromatic heterocycles. The van der Waals surface area contributed by atoms with Crippen molar-refractivity contribution in [1.82, 2.24) is 25.0 Å². The van der Waals surface area contributed by atoms with Crippen molar-refractivity contribution in [3.8, 4) is 5.75 Å². The molecule has 1 N–H and O–H groups in total. The lowest BCUT2D eigenvalue weighted by atomic mass is 10.2. The van der Waals surface area contributed by atoms with Gasteiger partial charge in [-0.3, -0.25) is 4.99 Å². The number of aryl methyl sites for hydroxylation is 1. The summed E-state index contributed by atoms with van der Waals surface area (Å²) in [5, 5.41) is 11.2. The van der Waals surface area contributed by atoms with Gasteiger partial charge in [-0.1, -0.05) is 12.1 Å². The fraction of sp³-hybridized carbons (Fsp3) is 0.400. The monoisotopic (exact) mass is 302 g/mol. The van der Waals surface area contributed by atoms with Gasteiger partial charge >= 0.3 is 0 Å². The van der Waals surface area contributed by atoms with Crippen LogP contribution in [0.3, 0.4) is 0 Å². The number of guanidine groups is 1. The minimum atomic E-state index is 0.579. The second kappa shape index (κ2) is 7.44. The van der Waals surface area contributed by atoms with E-state index in [1.54, 1.807) is 20.5 Å². The first-order valence-corrected chi connectivity index (χ1v) is 7.01. The van der Waals surface area contributed by atoms with E-state index in [-0.39, 0.29) is 0 Å². The Morgan fingerprint density at radius 3 is 2.64 bits per heavy atom. The predicted octanol–water partition coefficient (Wildman–Crippen LogP) is 1.03. The summed E-state index contributed by atoms with van der Waals surface area (Å²) in [5.41, 5.74) is 1.19. The number of rotatable bonds is 5. The van der Waals surface area contributed by atoms with Crippen molar-refractivity contribution >= 4 is 5.96 Å². The molecule has 7 heteroatoms. The van der Waals surface area contributed by atoms with Crippen LogP contribution in [0, 0.1) is 0 Å². The number of benzene rings is 1. The van der Waals surface area contributed by atoms with Gasteiger partial charge in [0.25, 0.3) is 0 Å². The zero-order valence-electron chi connectivity index (χ0n) is 13.4. The SMILES string of the molecule is CN=C(NCc1nncn1C)N(C)Cc1ccc(OC)cc1. The highest BCUT2D eigenvalue weighted by atomic mass is 16.5. The van der Waals surface area contributed by atoms with Crippen molar-refractivity contribution in [2.75, 3.05) is 21.2 Å². The normalized spacial score (nSPS) is 11.4. The third kappa shape index (κ3) is 3.97. The first-order chi connectivity index (χ1) is 10.6. The smallest absolute Gasteiger partial charge is 0.194 e. The molecule has 0 radical (unpaired) electrons. The number of ether oxygens (including phenoxy) is 1. The molecule has 118 valence electrons. The second-order valence-corrected chi connectivity index (χ2v) is 4.96. The van der Waals surface area contributed by atoms with Crippen molar-refractivity contribution < 1.29 is 4.74 Å². The predicted molar refractivity (Wildman–Crippen MR) is 85.7 cm³/mol. The summed E-state index contributed by atoms with van der Waals surface area (Å²) < 4.78 is 7.05. The van der Waals surface area contributed by atoms with Crippen LogP contribution < -0.4 is 10.1 Å². The van der Waals surface area contributed by atoms with Gasteiger partial charge in [-0.25, -0.2) is 0 Å². The van der Waals surface area contributed by atoms with E-state index < -0.39 is 0 Å². The minimum absolute atomic E-state index is 0.579. The maximum atomic E-state index is 5.17. The average Bonchev–Trinajstić information content (AvgIpc) is 2.94. The van der Waals surface area contributed by atoms with Gasteiger partial charge in [-0.05, 0) is 17.7 Å². The van der Waals surface area contributed by atoms with Gasteiger partial charge in [-0.2, -0.15) is 0 Å². The minimum Gasteiger partial charge on any atom is -0.497 e. The summed E-state index contributed by atoms with van der Waals surface area (Å²) in [4.78, 5) is 6.35. The Balaban J connectivity index is 1.93. The van der Waals surface area contributed by atoms with Gasteiger partial charge < -0.3 is 19.5 Å². The molecule has 0 spiro atoms. The summed E-state index contributed by atoms with van der Waals surface area (Å²) in [6, 6.07) is 8.01. The van der Waals surface area contributed by atoms with E-state index in [0.29, 0.717) is 6.54 Å². The van der Waals surface area contributed by atoms with Crippen LogP contribution in [0.2, 0.25) is 0 Å². The first kappa shape index (κ1) is 15.8. The maximum Gasteiger partial charge on any atom is 0.194 e. The lowest BCUT2D eigenvalue weighted by Gasteiger charge is -2.22. The van der Waals surface area contributed by atoms with Gasteiger partial charge in [0.1, 0.15) is 12.1 Å². The summed E-state index contributed by atoms with van der Waals surface area (Å²) in [6.45, 7) is 1.33. The molecule has 2 rings (SSSR count). The first-order valence-electron chi connectivity index (χ1n) is 7.01. The number of hydrogen-bond donors (Lipinski definition) is 1. The molecular formula is C15H22N6O. The molecule has 22 heavy (non-hydrogen) atoms. The van der Waals surface area contributed by atoms with E-state index in [0.717, 1.165) is 24.1 Å². The summed E-state index contributed by atoms with van der Waals surface area (Å²) in [6.07, 6.45) is 1.68. The van der Waals surface area contributed by atoms with Gasteiger partial charge in [0, 0.05) is 27.7 Å². The lowest BCUT2D eigenvalue weighted by molar-refractivity contribution is 0.414. The molecule has 0 aliphatic carbocycles. The second-order valence-electron chi connectivity index (χ2n) is 4.96. The maximum absolute atomic E-state index is 5.17. The standard InChI is InChI=1S/C15H22N6O/c1-16-15(17-9-14-19-18-11-21(14)3)20(2)10-12-5-7-13(22-4)8-6-12/h5-8,11H,9-10H2,1-4H3,(H,16,17). The van der Waals surface area contributed by atoms with Crippen LogP contribution in [-0.2, 0) is 20.1 Å².